The SMILES string of the molecule is CCCCC[C@@H]1C(=O)C[C@@H](c2cc(OC)c(O)cc2CO)[C@@H](Cc2ccccc2)C#C[C@H]2CN[C@@H]3CC[C@]45C[C@@]6(CCC[C@@H]6C=C4CCC4(O)CCCCC4)[C@@H]4C[C@H]5[C@]3(c3cc(O)c(O)cc34)[C@@H]2[C@H]1O. The molecule has 9 nitrogen and oxygen atoms in total. The largest absolute Gasteiger partial charge is 0.504 e. The minimum Gasteiger partial charge on any atom is -0.504 e. The molecule has 7 aliphatic carbocycles. The molecule has 0 amide bonds. The van der Waals surface area contributed by atoms with Gasteiger partial charge in [0.2, 0.25) is 0 Å². The van der Waals surface area contributed by atoms with Crippen molar-refractivity contribution in [3.63, 3.8) is 0 Å². The Kier molecular flexibility index (Phi) is 12.8. The van der Waals surface area contributed by atoms with Gasteiger partial charge in [-0.25, -0.2) is 0 Å². The first-order chi connectivity index (χ1) is 33.9. The lowest BCUT2D eigenvalue weighted by molar-refractivity contribution is -0.165. The number of fused-ring (bicyclic) bond motifs is 4. The van der Waals surface area contributed by atoms with Gasteiger partial charge in [0, 0.05) is 54.0 Å². The van der Waals surface area contributed by atoms with Crippen LogP contribution in [0.3, 0.4) is 0 Å². The van der Waals surface area contributed by atoms with Gasteiger partial charge in [0.1, 0.15) is 5.78 Å². The average Bonchev–Trinajstić information content (AvgIpc) is 3.77. The number of carbonyl (C=O) groups excluding carboxylic acids is 1. The van der Waals surface area contributed by atoms with Crippen LogP contribution in [0.2, 0.25) is 0 Å². The summed E-state index contributed by atoms with van der Waals surface area (Å²) in [5.41, 5.74) is 4.40. The van der Waals surface area contributed by atoms with Crippen LogP contribution in [-0.4, -0.2) is 67.8 Å². The van der Waals surface area contributed by atoms with Crippen molar-refractivity contribution in [1.82, 2.24) is 5.32 Å². The number of unbranched alkanes of at least 4 members (excludes halogenated alkanes) is 2. The van der Waals surface area contributed by atoms with Crippen LogP contribution in [0.4, 0.5) is 0 Å². The van der Waals surface area contributed by atoms with Crippen LogP contribution >= 0.6 is 0 Å². The number of aliphatic hydroxyl groups is 3. The number of allylic oxidation sites excluding steroid dienone is 2. The molecule has 4 bridgehead atoms. The molecule has 5 fully saturated rings. The summed E-state index contributed by atoms with van der Waals surface area (Å²) in [5, 5.41) is 75.3. The third kappa shape index (κ3) is 7.58. The van der Waals surface area contributed by atoms with Gasteiger partial charge in [0.15, 0.2) is 23.0 Å². The summed E-state index contributed by atoms with van der Waals surface area (Å²) in [4.78, 5) is 15.8. The summed E-state index contributed by atoms with van der Waals surface area (Å²) in [5.74, 6) is 5.94. The van der Waals surface area contributed by atoms with Gasteiger partial charge >= 0.3 is 0 Å². The Balaban J connectivity index is 1.12. The third-order valence-corrected chi connectivity index (χ3v) is 20.6. The van der Waals surface area contributed by atoms with Crippen molar-refractivity contribution in [3.05, 3.63) is 94.1 Å². The zero-order valence-corrected chi connectivity index (χ0v) is 41.6. The summed E-state index contributed by atoms with van der Waals surface area (Å²) >= 11 is 0. The van der Waals surface area contributed by atoms with Gasteiger partial charge in [-0.05, 0) is 158 Å². The molecule has 3 aromatic carbocycles. The van der Waals surface area contributed by atoms with Crippen molar-refractivity contribution in [2.45, 2.75) is 177 Å². The van der Waals surface area contributed by atoms with Crippen molar-refractivity contribution >= 4 is 5.78 Å². The molecule has 0 radical (unpaired) electrons. The summed E-state index contributed by atoms with van der Waals surface area (Å²) in [7, 11) is 1.51. The Morgan fingerprint density at radius 1 is 0.886 bits per heavy atom. The van der Waals surface area contributed by atoms with Gasteiger partial charge in [-0.15, -0.1) is 0 Å². The maximum atomic E-state index is 15.8. The molecule has 7 N–H and O–H groups in total. The second kappa shape index (κ2) is 18.6. The van der Waals surface area contributed by atoms with E-state index in [1.807, 2.05) is 30.3 Å². The van der Waals surface area contributed by atoms with E-state index in [-0.39, 0.29) is 82.4 Å². The Morgan fingerprint density at radius 2 is 1.69 bits per heavy atom. The molecule has 0 aromatic heterocycles. The number of rotatable bonds is 12. The van der Waals surface area contributed by atoms with E-state index in [0.29, 0.717) is 36.4 Å². The van der Waals surface area contributed by atoms with Crippen LogP contribution in [0.15, 0.2) is 66.2 Å². The monoisotopic (exact) mass is 952 g/mol. The number of aromatic hydroxyl groups is 3. The van der Waals surface area contributed by atoms with Crippen LogP contribution in [0.1, 0.15) is 169 Å². The highest BCUT2D eigenvalue weighted by Gasteiger charge is 2.75. The number of aliphatic hydroxyl groups excluding tert-OH is 2. The minimum absolute atomic E-state index is 0.0140. The van der Waals surface area contributed by atoms with Crippen LogP contribution in [-0.2, 0) is 23.2 Å². The predicted octanol–water partition coefficient (Wildman–Crippen LogP) is 10.4. The van der Waals surface area contributed by atoms with E-state index in [2.05, 4.69) is 42.3 Å². The number of hydrogen-bond acceptors (Lipinski definition) is 9. The van der Waals surface area contributed by atoms with Crippen molar-refractivity contribution in [3.8, 4) is 34.8 Å². The zero-order chi connectivity index (χ0) is 48.6. The molecule has 9 heteroatoms. The average molecular weight is 952 g/mol. The van der Waals surface area contributed by atoms with Crippen LogP contribution in [0.5, 0.6) is 23.0 Å². The number of piperidine rings is 1. The lowest BCUT2D eigenvalue weighted by atomic mass is 9.31. The third-order valence-electron chi connectivity index (χ3n) is 20.6. The number of carbonyl (C=O) groups is 1. The summed E-state index contributed by atoms with van der Waals surface area (Å²) in [6, 6.07) is 17.3. The molecule has 1 heterocycles. The Morgan fingerprint density at radius 3 is 2.46 bits per heavy atom. The fourth-order valence-electron chi connectivity index (χ4n) is 17.7. The smallest absolute Gasteiger partial charge is 0.160 e. The first-order valence-electron chi connectivity index (χ1n) is 27.4. The highest BCUT2D eigenvalue weighted by molar-refractivity contribution is 5.83. The fourth-order valence-corrected chi connectivity index (χ4v) is 17.7. The van der Waals surface area contributed by atoms with Crippen molar-refractivity contribution < 1.29 is 40.2 Å². The van der Waals surface area contributed by atoms with E-state index in [4.69, 9.17) is 4.74 Å². The number of phenols is 3. The topological polar surface area (TPSA) is 160 Å². The second-order valence-electron chi connectivity index (χ2n) is 23.7. The molecule has 4 saturated carbocycles. The lowest BCUT2D eigenvalue weighted by Crippen LogP contribution is -2.75. The maximum absolute atomic E-state index is 15.8. The van der Waals surface area contributed by atoms with E-state index < -0.39 is 34.9 Å². The van der Waals surface area contributed by atoms with E-state index >= 15 is 4.79 Å². The first kappa shape index (κ1) is 48.0. The van der Waals surface area contributed by atoms with E-state index in [1.54, 1.807) is 12.1 Å². The van der Waals surface area contributed by atoms with E-state index in [0.717, 1.165) is 119 Å². The molecule has 1 saturated heterocycles. The van der Waals surface area contributed by atoms with E-state index in [9.17, 15) is 30.6 Å². The van der Waals surface area contributed by atoms with Crippen LogP contribution in [0, 0.1) is 58.2 Å². The number of nitrogens with one attached hydrogen (secondary N) is 1. The highest BCUT2D eigenvalue weighted by atomic mass is 16.5. The molecule has 0 unspecified atom stereocenters. The molecule has 13 atom stereocenters. The van der Waals surface area contributed by atoms with Crippen LogP contribution < -0.4 is 10.1 Å². The Bertz CT molecular complexity index is 2560. The molecule has 1 aliphatic heterocycles. The number of ether oxygens (including phenoxy) is 1. The molecular weight excluding hydrogens is 875 g/mol. The molecular formula is C61H77NO8. The van der Waals surface area contributed by atoms with Gasteiger partial charge in [-0.1, -0.05) is 106 Å². The van der Waals surface area contributed by atoms with Gasteiger partial charge < -0.3 is 40.7 Å². The molecule has 3 spiro atoms. The van der Waals surface area contributed by atoms with E-state index in [1.165, 1.54) is 19.1 Å². The fraction of sp³-hybridized carbons (Fsp3) is 0.623. The van der Waals surface area contributed by atoms with Crippen LogP contribution in [0.25, 0.3) is 0 Å². The number of methoxy groups -OCH3 is 1. The van der Waals surface area contributed by atoms with Crippen molar-refractivity contribution in [1.29, 1.82) is 0 Å². The second-order valence-corrected chi connectivity index (χ2v) is 23.7. The molecule has 70 heavy (non-hydrogen) atoms. The number of hydrogen-bond donors (Lipinski definition) is 7. The summed E-state index contributed by atoms with van der Waals surface area (Å²) < 4.78 is 5.66. The molecule has 374 valence electrons. The lowest BCUT2D eigenvalue weighted by Gasteiger charge is -2.74. The summed E-state index contributed by atoms with van der Waals surface area (Å²) in [6.45, 7) is 2.37. The quantitative estimate of drug-likeness (QED) is 0.0406. The molecule has 8 aliphatic rings. The minimum atomic E-state index is -1.06. The van der Waals surface area contributed by atoms with Gasteiger partial charge in [0.25, 0.3) is 0 Å². The van der Waals surface area contributed by atoms with Gasteiger partial charge in [-0.2, -0.15) is 0 Å². The number of Topliss-reactive ketones (excluding diaryl/α,β-unsaturated/α-hetero) is 1. The molecule has 3 aromatic rings. The Labute approximate surface area is 415 Å². The number of phenolic OH excluding ortho intramolecular Hbond substituents is 3. The van der Waals surface area contributed by atoms with Gasteiger partial charge in [-0.3, -0.25) is 4.79 Å². The predicted molar refractivity (Wildman–Crippen MR) is 270 cm³/mol. The number of benzene rings is 3. The zero-order valence-electron chi connectivity index (χ0n) is 41.6. The summed E-state index contributed by atoms with van der Waals surface area (Å²) in [6.07, 6.45) is 19.4. The Hall–Kier alpha value is -4.33. The highest BCUT2D eigenvalue weighted by Crippen LogP contribution is 2.80. The maximum Gasteiger partial charge on any atom is 0.160 e. The standard InChI is InChI=1S/C61H77NO8/c1-3-4-7-16-43-49(64)29-44(45-31-53(70-2)52(67)27-40(45)35-63)38(26-37-13-8-5-9-14-37)17-18-39-34-62-55-20-25-60-36-59(23-12-15-41(59)28-42(60)19-24-58(69)21-10-6-11-22-58)47-33-54(60)61(55,56(39)57(43)68)48-32-51(66)50(65)30-46(47)48/h5,8-9,13-14,27-28,30-32,38-39,41,43-44,47,54-57,62-63,65-69H,3-4,6-7,10-12,15-16,19-26,29,33-36H2,1-2H3/t38-,39+,41-,43-,44-,47-,54-,55-,56+,57+,59-,60+,61+/m1/s1. The van der Waals surface area contributed by atoms with Gasteiger partial charge in [0.05, 0.1) is 25.4 Å². The normalized spacial score (nSPS) is 36.8. The molecule has 11 rings (SSSR count). The first-order valence-corrected chi connectivity index (χ1v) is 27.4. The van der Waals surface area contributed by atoms with Crippen molar-refractivity contribution in [2.75, 3.05) is 13.7 Å². The number of ketones is 1. The van der Waals surface area contributed by atoms with Crippen molar-refractivity contribution in [2.24, 2.45) is 46.3 Å².